The zero-order valence-electron chi connectivity index (χ0n) is 74.9. The van der Waals surface area contributed by atoms with Crippen LogP contribution in [0.4, 0.5) is 4.79 Å². The Kier molecular flexibility index (Phi) is 49.7. The zero-order chi connectivity index (χ0) is 97.9. The fraction of sp³-hybridized carbons (Fsp3) is 0.582. The first-order valence-electron chi connectivity index (χ1n) is 43.7. The van der Waals surface area contributed by atoms with Gasteiger partial charge in [-0.25, -0.2) is 0 Å². The molecule has 16 atom stereocenters. The van der Waals surface area contributed by atoms with E-state index in [1.165, 1.54) is 48.5 Å². The Morgan fingerprint density at radius 3 is 1.44 bits per heavy atom. The number of phenols is 2. The number of nitrogens with zero attached hydrogens (tertiary/aromatic N) is 1. The summed E-state index contributed by atoms with van der Waals surface area (Å²) >= 11 is 1.79. The fourth-order valence-corrected chi connectivity index (χ4v) is 16.1. The number of carbonyl (C=O) groups is 20. The van der Waals surface area contributed by atoms with Crippen molar-refractivity contribution in [2.24, 2.45) is 59.0 Å². The molecular weight excluding hydrogens is 1750 g/mol. The average Bonchev–Trinajstić information content (AvgIpc) is 1.01. The quantitative estimate of drug-likeness (QED) is 0.0361. The Hall–Kier alpha value is -11.0. The van der Waals surface area contributed by atoms with E-state index in [0.29, 0.717) is 36.9 Å². The molecule has 3 aromatic carbocycles. The number of imide groups is 1. The third kappa shape index (κ3) is 41.1. The fourth-order valence-electron chi connectivity index (χ4n) is 14.6. The van der Waals surface area contributed by atoms with Crippen LogP contribution < -0.4 is 43.0 Å². The molecule has 1 aliphatic rings. The molecule has 0 radical (unpaired) electrons. The number of carbonyl (C=O) groups excluding carboxylic acids is 17. The third-order valence-corrected chi connectivity index (χ3v) is 24.3. The number of carboxylic acids is 3. The SMILES string of the molecule is CC[C@H](C)[C@H](NC(=O)[C@H](CO)CC(=O)[C@H](Cc1ccc(O)cc1)NC(=O)[C@H](CC(=O)O)CC(=O)[C@H](CO)NC(=O)[C@@H](CC(=O)[C@H](Cc1ccccc1)NC(=O)[C@@H](CC(=O)CNC(=O)[C@H](CCC(=O)O)CC(=O)CSCC(=O)CCCN1C(=O)CSC1=O)[C@@H](C)O)[C@@H](C)O)C(=O)C[C@@H](Cc1ccc(O)cc1)C(=O)N[C@@H](CC(C)C)C(=O)C[C@@H](CC(=O)O)C(=O)N[C@H](C)CCCCN. The van der Waals surface area contributed by atoms with Gasteiger partial charge in [-0.2, -0.15) is 0 Å². The molecule has 1 aliphatic heterocycles. The summed E-state index contributed by atoms with van der Waals surface area (Å²) in [6.07, 6.45) is -10.0. The highest BCUT2D eigenvalue weighted by atomic mass is 32.2. The van der Waals surface area contributed by atoms with Gasteiger partial charge in [-0.05, 0) is 131 Å². The minimum Gasteiger partial charge on any atom is -0.508 e. The van der Waals surface area contributed by atoms with Crippen molar-refractivity contribution < 1.29 is 142 Å². The molecule has 0 spiro atoms. The van der Waals surface area contributed by atoms with Gasteiger partial charge >= 0.3 is 17.9 Å². The topological polar surface area (TPSA) is 637 Å². The summed E-state index contributed by atoms with van der Waals surface area (Å²) in [5, 5.41) is 111. The van der Waals surface area contributed by atoms with Crippen molar-refractivity contribution in [3.8, 4) is 11.5 Å². The van der Waals surface area contributed by atoms with Crippen LogP contribution in [-0.4, -0.2) is 266 Å². The number of unbranched alkanes of at least 4 members (excludes halogenated alkanes) is 1. The highest BCUT2D eigenvalue weighted by Gasteiger charge is 2.41. The van der Waals surface area contributed by atoms with E-state index >= 15 is 0 Å². The van der Waals surface area contributed by atoms with Gasteiger partial charge in [0.1, 0.15) is 29.1 Å². The van der Waals surface area contributed by atoms with Crippen molar-refractivity contribution in [1.29, 1.82) is 0 Å². The van der Waals surface area contributed by atoms with E-state index in [0.717, 1.165) is 42.3 Å². The maximum atomic E-state index is 14.8. The van der Waals surface area contributed by atoms with Crippen LogP contribution in [0.25, 0.3) is 0 Å². The number of aromatic hydroxyl groups is 2. The molecule has 18 N–H and O–H groups in total. The summed E-state index contributed by atoms with van der Waals surface area (Å²) in [6.45, 7) is 8.17. The number of hydrogen-bond donors (Lipinski definition) is 17. The van der Waals surface area contributed by atoms with Crippen LogP contribution in [0.1, 0.15) is 181 Å². The minimum absolute atomic E-state index is 0.0104. The molecule has 3 aromatic rings. The van der Waals surface area contributed by atoms with Crippen LogP contribution in [0, 0.1) is 53.3 Å². The van der Waals surface area contributed by atoms with Gasteiger partial charge < -0.3 is 88.9 Å². The van der Waals surface area contributed by atoms with Gasteiger partial charge in [-0.15, -0.1) is 11.8 Å². The lowest BCUT2D eigenvalue weighted by molar-refractivity contribution is -0.143. The van der Waals surface area contributed by atoms with Gasteiger partial charge in [0.2, 0.25) is 47.3 Å². The monoisotopic (exact) mass is 1870 g/mol. The number of carboxylic acid groups (broad SMARTS) is 3. The van der Waals surface area contributed by atoms with Gasteiger partial charge in [0.15, 0.2) is 34.7 Å². The number of nitrogens with two attached hydrogens (primary N) is 1. The molecule has 1 fully saturated rings. The summed E-state index contributed by atoms with van der Waals surface area (Å²) < 4.78 is 0. The van der Waals surface area contributed by atoms with E-state index in [2.05, 4.69) is 37.2 Å². The zero-order valence-corrected chi connectivity index (χ0v) is 76.5. The van der Waals surface area contributed by atoms with Gasteiger partial charge in [0.25, 0.3) is 5.24 Å². The molecule has 0 aromatic heterocycles. The number of nitrogens with one attached hydrogen (secondary N) is 7. The van der Waals surface area contributed by atoms with Gasteiger partial charge in [-0.3, -0.25) is 101 Å². The molecular formula is C91H127N9O29S2. The molecule has 40 heteroatoms. The van der Waals surface area contributed by atoms with E-state index in [-0.39, 0.29) is 103 Å². The van der Waals surface area contributed by atoms with Gasteiger partial charge in [0.05, 0.1) is 116 Å². The molecule has 38 nitrogen and oxygen atoms in total. The summed E-state index contributed by atoms with van der Waals surface area (Å²) in [5.74, 6) is -30.6. The third-order valence-electron chi connectivity index (χ3n) is 22.4. The number of phenolic OH excluding ortho intramolecular Hbond substituents is 2. The first-order valence-corrected chi connectivity index (χ1v) is 45.9. The van der Waals surface area contributed by atoms with E-state index in [4.69, 9.17) is 5.73 Å². The summed E-state index contributed by atoms with van der Waals surface area (Å²) in [4.78, 5) is 272. The Balaban J connectivity index is 1.53. The number of aliphatic hydroxyl groups is 4. The minimum atomic E-state index is -2.00. The molecule has 0 saturated carbocycles. The second kappa shape index (κ2) is 58.0. The van der Waals surface area contributed by atoms with Crippen molar-refractivity contribution >= 4 is 140 Å². The number of rotatable bonds is 67. The molecule has 4 rings (SSSR count). The number of thioether (sulfide) groups is 2. The maximum absolute atomic E-state index is 14.8. The first-order chi connectivity index (χ1) is 61.9. The van der Waals surface area contributed by atoms with Gasteiger partial charge in [0, 0.05) is 82.2 Å². The summed E-state index contributed by atoms with van der Waals surface area (Å²) in [6, 6.07) is 10.4. The van der Waals surface area contributed by atoms with Crippen molar-refractivity contribution in [1.82, 2.24) is 42.1 Å². The number of amides is 9. The molecule has 9 amide bonds. The molecule has 131 heavy (non-hydrogen) atoms. The Morgan fingerprint density at radius 1 is 0.450 bits per heavy atom. The molecule has 0 unspecified atom stereocenters. The Bertz CT molecular complexity index is 4400. The molecule has 722 valence electrons. The molecule has 0 bridgehead atoms. The number of hydrogen-bond acceptors (Lipinski definition) is 29. The van der Waals surface area contributed by atoms with Crippen LogP contribution in [0.3, 0.4) is 0 Å². The van der Waals surface area contributed by atoms with Crippen LogP contribution in [0.15, 0.2) is 78.9 Å². The lowest BCUT2D eigenvalue weighted by Crippen LogP contribution is -2.52. The Labute approximate surface area is 768 Å². The smallest absolute Gasteiger partial charge is 0.304 e. The van der Waals surface area contributed by atoms with Crippen LogP contribution in [0.2, 0.25) is 0 Å². The predicted molar refractivity (Wildman–Crippen MR) is 478 cm³/mol. The van der Waals surface area contributed by atoms with Crippen molar-refractivity contribution in [2.75, 3.05) is 50.1 Å². The summed E-state index contributed by atoms with van der Waals surface area (Å²) in [7, 11) is 0. The predicted octanol–water partition coefficient (Wildman–Crippen LogP) is 2.76. The largest absolute Gasteiger partial charge is 0.508 e. The number of Topliss-reactive ketones (excluding diaryl/α,β-unsaturated/α-hetero) is 8. The van der Waals surface area contributed by atoms with E-state index in [1.54, 1.807) is 65.0 Å². The lowest BCUT2D eigenvalue weighted by atomic mass is 9.85. The normalized spacial score (nSPS) is 15.7. The molecule has 0 aliphatic carbocycles. The number of benzene rings is 3. The van der Waals surface area contributed by atoms with E-state index < -0.39 is 291 Å². The highest BCUT2D eigenvalue weighted by molar-refractivity contribution is 8.14. The second-order valence-corrected chi connectivity index (χ2v) is 35.7. The molecule has 1 heterocycles. The van der Waals surface area contributed by atoms with Crippen LogP contribution in [0.5, 0.6) is 11.5 Å². The summed E-state index contributed by atoms with van der Waals surface area (Å²) in [5.41, 5.74) is 6.76. The highest BCUT2D eigenvalue weighted by Crippen LogP contribution is 2.27. The van der Waals surface area contributed by atoms with Crippen molar-refractivity contribution in [3.63, 3.8) is 0 Å². The number of aliphatic hydroxyl groups excluding tert-OH is 4. The van der Waals surface area contributed by atoms with Gasteiger partial charge in [-0.1, -0.05) is 107 Å². The standard InChI is InChI=1S/C91H127N9O29S2/c1-8-51(4)83(78(114)38-59(32-56-19-24-63(105)25-20-56)86(124)95-70(31-50(2)3)74(110)36-60(40-81(118)119)85(123)94-52(5)15-12-13-29-92)99-88(126)62(45-101)39-75(111)71(34-57-21-26-64(106)27-22-57)96-87(125)61(41-82(120)121)37-76(112)73(46-102)98-90(128)69(54(7)104)43-77(113)72(33-55-16-10-9-11-17-55)97-89(127)68(53(6)103)42-66(108)44-93-84(122)58(23-28-80(116)117)35-67(109)48-130-47-65(107)18-14-30-100-79(115)49-131-91(100)129/h9-11,16-17,19-22,24-27,50-54,58-62,68-73,83,101-106H,8,12-15,18,23,28-49,92H2,1-7H3,(H,93,122)(H,94,123)(H,95,124)(H,96,125)(H,97,127)(H,98,128)(H,99,126)(H,116,117)(H,118,119)(H,120,121)/t51-,52+,53+,54+,58+,59+,60-,61-,62-,68-,69-,70-,71-,72-,73-,83-/m0/s1. The Morgan fingerprint density at radius 2 is 0.924 bits per heavy atom. The van der Waals surface area contributed by atoms with E-state index in [9.17, 15) is 142 Å². The van der Waals surface area contributed by atoms with Crippen molar-refractivity contribution in [2.45, 2.75) is 232 Å². The average molecular weight is 1880 g/mol. The lowest BCUT2D eigenvalue weighted by Gasteiger charge is -2.28. The number of aliphatic carboxylic acids is 3. The molecule has 1 saturated heterocycles. The van der Waals surface area contributed by atoms with E-state index in [1.807, 2.05) is 0 Å². The second-order valence-electron chi connectivity index (χ2n) is 33.8. The van der Waals surface area contributed by atoms with Crippen LogP contribution in [-0.2, 0) is 110 Å². The van der Waals surface area contributed by atoms with Crippen molar-refractivity contribution in [3.05, 3.63) is 95.6 Å². The maximum Gasteiger partial charge on any atom is 0.304 e. The van der Waals surface area contributed by atoms with Crippen LogP contribution >= 0.6 is 23.5 Å². The first kappa shape index (κ1) is 112. The number of ketones is 8.